The van der Waals surface area contributed by atoms with Crippen LogP contribution in [0.3, 0.4) is 0 Å². The lowest BCUT2D eigenvalue weighted by molar-refractivity contribution is -0.123. The van der Waals surface area contributed by atoms with Gasteiger partial charge in [0.15, 0.2) is 18.1 Å². The Morgan fingerprint density at radius 1 is 0.818 bits per heavy atom. The number of rotatable bonds is 11. The molecule has 3 aromatic rings. The molecule has 1 N–H and O–H groups in total. The van der Waals surface area contributed by atoms with E-state index in [4.69, 9.17) is 23.7 Å². The van der Waals surface area contributed by atoms with E-state index in [-0.39, 0.29) is 6.61 Å². The second-order valence-electron chi connectivity index (χ2n) is 6.75. The summed E-state index contributed by atoms with van der Waals surface area (Å²) in [6.07, 6.45) is 1.46. The molecule has 0 radical (unpaired) electrons. The maximum absolute atomic E-state index is 12.1. The molecule has 33 heavy (non-hydrogen) atoms. The molecule has 0 saturated carbocycles. The standard InChI is InChI=1S/C25H26N2O6/c1-29-22-14-9-19(24(30-2)25(22)31-3)15-26-27-23(28)17-33-21-12-10-20(11-13-21)32-16-18-7-5-4-6-8-18/h4-15H,16-17H2,1-3H3,(H,27,28). The van der Waals surface area contributed by atoms with Gasteiger partial charge in [-0.05, 0) is 42.0 Å². The maximum atomic E-state index is 12.1. The molecule has 0 aliphatic rings. The number of hydrogen-bond acceptors (Lipinski definition) is 7. The van der Waals surface area contributed by atoms with Crippen LogP contribution >= 0.6 is 0 Å². The average Bonchev–Trinajstić information content (AvgIpc) is 2.87. The molecule has 0 atom stereocenters. The highest BCUT2D eigenvalue weighted by molar-refractivity contribution is 5.87. The molecular weight excluding hydrogens is 424 g/mol. The highest BCUT2D eigenvalue weighted by atomic mass is 16.5. The Labute approximate surface area is 192 Å². The minimum Gasteiger partial charge on any atom is -0.493 e. The molecule has 0 aliphatic carbocycles. The van der Waals surface area contributed by atoms with Gasteiger partial charge in [0, 0.05) is 5.56 Å². The Balaban J connectivity index is 1.48. The van der Waals surface area contributed by atoms with E-state index in [2.05, 4.69) is 10.5 Å². The fourth-order valence-corrected chi connectivity index (χ4v) is 2.95. The highest BCUT2D eigenvalue weighted by Crippen LogP contribution is 2.38. The van der Waals surface area contributed by atoms with Gasteiger partial charge in [0.1, 0.15) is 18.1 Å². The second-order valence-corrected chi connectivity index (χ2v) is 6.75. The number of methoxy groups -OCH3 is 3. The maximum Gasteiger partial charge on any atom is 0.277 e. The smallest absolute Gasteiger partial charge is 0.277 e. The molecule has 1 amide bonds. The zero-order valence-electron chi connectivity index (χ0n) is 18.7. The number of ether oxygens (including phenoxy) is 5. The van der Waals surface area contributed by atoms with Crippen LogP contribution in [0.2, 0.25) is 0 Å². The van der Waals surface area contributed by atoms with Crippen molar-refractivity contribution in [2.24, 2.45) is 5.10 Å². The predicted molar refractivity (Wildman–Crippen MR) is 125 cm³/mol. The first kappa shape index (κ1) is 23.5. The molecule has 172 valence electrons. The van der Waals surface area contributed by atoms with Crippen LogP contribution in [0.4, 0.5) is 0 Å². The van der Waals surface area contributed by atoms with Crippen molar-refractivity contribution >= 4 is 12.1 Å². The first-order valence-corrected chi connectivity index (χ1v) is 10.1. The quantitative estimate of drug-likeness (QED) is 0.353. The normalized spacial score (nSPS) is 10.5. The second kappa shape index (κ2) is 12.0. The molecule has 3 aromatic carbocycles. The van der Waals surface area contributed by atoms with Crippen molar-refractivity contribution in [1.82, 2.24) is 5.43 Å². The summed E-state index contributed by atoms with van der Waals surface area (Å²) in [4.78, 5) is 12.1. The SMILES string of the molecule is COc1ccc(C=NNC(=O)COc2ccc(OCc3ccccc3)cc2)c(OC)c1OC. The Kier molecular flexibility index (Phi) is 8.53. The number of benzene rings is 3. The molecule has 0 heterocycles. The Bertz CT molecular complexity index is 1070. The van der Waals surface area contributed by atoms with E-state index in [9.17, 15) is 4.79 Å². The van der Waals surface area contributed by atoms with Crippen LogP contribution in [0.5, 0.6) is 28.7 Å². The lowest BCUT2D eigenvalue weighted by Crippen LogP contribution is -2.24. The van der Waals surface area contributed by atoms with Gasteiger partial charge >= 0.3 is 0 Å². The predicted octanol–water partition coefficient (Wildman–Crippen LogP) is 3.82. The molecular formula is C25H26N2O6. The van der Waals surface area contributed by atoms with Gasteiger partial charge in [-0.3, -0.25) is 4.79 Å². The third-order valence-electron chi connectivity index (χ3n) is 4.57. The number of nitrogens with one attached hydrogen (secondary N) is 1. The summed E-state index contributed by atoms with van der Waals surface area (Å²) in [5.74, 6) is 2.26. The van der Waals surface area contributed by atoms with Crippen molar-refractivity contribution in [1.29, 1.82) is 0 Å². The van der Waals surface area contributed by atoms with Gasteiger partial charge < -0.3 is 23.7 Å². The summed E-state index contributed by atoms with van der Waals surface area (Å²) >= 11 is 0. The van der Waals surface area contributed by atoms with Gasteiger partial charge in [-0.15, -0.1) is 0 Å². The molecule has 0 aromatic heterocycles. The van der Waals surface area contributed by atoms with Crippen LogP contribution in [-0.2, 0) is 11.4 Å². The van der Waals surface area contributed by atoms with Gasteiger partial charge in [0.05, 0.1) is 27.5 Å². The van der Waals surface area contributed by atoms with Gasteiger partial charge in [0.2, 0.25) is 5.75 Å². The Hall–Kier alpha value is -4.20. The molecule has 0 fully saturated rings. The number of nitrogens with zero attached hydrogens (tertiary/aromatic N) is 1. The average molecular weight is 450 g/mol. The van der Waals surface area contributed by atoms with Crippen LogP contribution in [0.15, 0.2) is 71.8 Å². The van der Waals surface area contributed by atoms with Crippen LogP contribution < -0.4 is 29.1 Å². The number of carbonyl (C=O) groups excluding carboxylic acids is 1. The number of hydrazone groups is 1. The van der Waals surface area contributed by atoms with Crippen molar-refractivity contribution in [3.8, 4) is 28.7 Å². The molecule has 0 bridgehead atoms. The van der Waals surface area contributed by atoms with Crippen molar-refractivity contribution in [3.63, 3.8) is 0 Å². The molecule has 3 rings (SSSR count). The zero-order valence-corrected chi connectivity index (χ0v) is 18.7. The van der Waals surface area contributed by atoms with Crippen LogP contribution in [-0.4, -0.2) is 40.1 Å². The molecule has 8 heteroatoms. The van der Waals surface area contributed by atoms with Crippen LogP contribution in [0, 0.1) is 0 Å². The van der Waals surface area contributed by atoms with Gasteiger partial charge in [0.25, 0.3) is 5.91 Å². The van der Waals surface area contributed by atoms with E-state index in [0.717, 1.165) is 5.56 Å². The number of carbonyl (C=O) groups is 1. The topological polar surface area (TPSA) is 87.6 Å². The van der Waals surface area contributed by atoms with E-state index in [1.54, 1.807) is 36.4 Å². The van der Waals surface area contributed by atoms with E-state index in [1.807, 2.05) is 30.3 Å². The van der Waals surface area contributed by atoms with Crippen molar-refractivity contribution in [2.75, 3.05) is 27.9 Å². The molecule has 0 unspecified atom stereocenters. The fourth-order valence-electron chi connectivity index (χ4n) is 2.95. The molecule has 8 nitrogen and oxygen atoms in total. The monoisotopic (exact) mass is 450 g/mol. The van der Waals surface area contributed by atoms with Crippen molar-refractivity contribution < 1.29 is 28.5 Å². The zero-order chi connectivity index (χ0) is 23.5. The largest absolute Gasteiger partial charge is 0.493 e. The van der Waals surface area contributed by atoms with Crippen molar-refractivity contribution in [2.45, 2.75) is 6.61 Å². The molecule has 0 spiro atoms. The Morgan fingerprint density at radius 3 is 2.12 bits per heavy atom. The first-order valence-electron chi connectivity index (χ1n) is 10.1. The van der Waals surface area contributed by atoms with E-state index in [0.29, 0.717) is 40.9 Å². The summed E-state index contributed by atoms with van der Waals surface area (Å²) in [6.45, 7) is 0.289. The van der Waals surface area contributed by atoms with Crippen molar-refractivity contribution in [3.05, 3.63) is 77.9 Å². The van der Waals surface area contributed by atoms with Gasteiger partial charge in [-0.1, -0.05) is 30.3 Å². The number of amides is 1. The summed E-state index contributed by atoms with van der Waals surface area (Å²) in [7, 11) is 4.57. The minimum atomic E-state index is -0.407. The number of hydrogen-bond donors (Lipinski definition) is 1. The highest BCUT2D eigenvalue weighted by Gasteiger charge is 2.14. The first-order chi connectivity index (χ1) is 16.1. The molecule has 0 saturated heterocycles. The van der Waals surface area contributed by atoms with Gasteiger partial charge in [-0.25, -0.2) is 5.43 Å². The molecule has 0 aliphatic heterocycles. The van der Waals surface area contributed by atoms with Gasteiger partial charge in [-0.2, -0.15) is 5.10 Å². The van der Waals surface area contributed by atoms with E-state index >= 15 is 0 Å². The van der Waals surface area contributed by atoms with E-state index < -0.39 is 5.91 Å². The lowest BCUT2D eigenvalue weighted by Gasteiger charge is -2.13. The summed E-state index contributed by atoms with van der Waals surface area (Å²) in [5, 5.41) is 3.96. The summed E-state index contributed by atoms with van der Waals surface area (Å²) < 4.78 is 27.2. The summed E-state index contributed by atoms with van der Waals surface area (Å²) in [5.41, 5.74) is 4.12. The lowest BCUT2D eigenvalue weighted by atomic mass is 10.2. The minimum absolute atomic E-state index is 0.190. The Morgan fingerprint density at radius 2 is 1.48 bits per heavy atom. The van der Waals surface area contributed by atoms with E-state index in [1.165, 1.54) is 27.5 Å². The third-order valence-corrected chi connectivity index (χ3v) is 4.57. The third kappa shape index (κ3) is 6.64. The van der Waals surface area contributed by atoms with Crippen LogP contribution in [0.25, 0.3) is 0 Å². The fraction of sp³-hybridized carbons (Fsp3) is 0.200. The summed E-state index contributed by atoms with van der Waals surface area (Å²) in [6, 6.07) is 20.4. The van der Waals surface area contributed by atoms with Crippen LogP contribution in [0.1, 0.15) is 11.1 Å².